The van der Waals surface area contributed by atoms with Crippen molar-refractivity contribution in [1.82, 2.24) is 4.90 Å². The van der Waals surface area contributed by atoms with E-state index >= 15 is 0 Å². The zero-order valence-corrected chi connectivity index (χ0v) is 20.6. The minimum absolute atomic E-state index is 0.00876. The van der Waals surface area contributed by atoms with Crippen LogP contribution in [0.5, 0.6) is 5.75 Å². The van der Waals surface area contributed by atoms with Gasteiger partial charge in [0.05, 0.1) is 6.26 Å². The Morgan fingerprint density at radius 2 is 1.87 bits per heavy atom. The molecule has 1 aliphatic heterocycles. The molecule has 2 N–H and O–H groups in total. The number of carbonyl (C=O) groups is 1. The predicted molar refractivity (Wildman–Crippen MR) is 124 cm³/mol. The van der Waals surface area contributed by atoms with Crippen LogP contribution in [0.3, 0.4) is 0 Å². The van der Waals surface area contributed by atoms with E-state index in [0.717, 1.165) is 32.2 Å². The maximum atomic E-state index is 12.5. The topological polar surface area (TPSA) is 94.9 Å². The van der Waals surface area contributed by atoms with Gasteiger partial charge in [0.1, 0.15) is 11.5 Å². The van der Waals surface area contributed by atoms with Gasteiger partial charge in [-0.05, 0) is 73.9 Å². The zero-order chi connectivity index (χ0) is 23.6. The number of aromatic hydroxyl groups is 1. The van der Waals surface area contributed by atoms with Gasteiger partial charge >= 0.3 is 0 Å². The monoisotopic (exact) mass is 453 g/mol. The third-order valence-electron chi connectivity index (χ3n) is 7.52. The van der Waals surface area contributed by atoms with Gasteiger partial charge in [-0.25, -0.2) is 0 Å². The molecule has 1 fully saturated rings. The van der Waals surface area contributed by atoms with Gasteiger partial charge in [0.2, 0.25) is 0 Å². The molecule has 1 aromatic carbocycles. The number of Topliss-reactive ketones (excluding diaryl/α,β-unsaturated/α-hetero) is 1. The van der Waals surface area contributed by atoms with Crippen molar-refractivity contribution in [2.75, 3.05) is 19.8 Å². The quantitative estimate of drug-likeness (QED) is 0.627. The van der Waals surface area contributed by atoms with Crippen molar-refractivity contribution in [2.24, 2.45) is 11.3 Å². The zero-order valence-electron chi connectivity index (χ0n) is 19.8. The van der Waals surface area contributed by atoms with E-state index < -0.39 is 10.1 Å². The molecule has 2 aliphatic rings. The van der Waals surface area contributed by atoms with E-state index in [9.17, 15) is 18.3 Å². The number of piperidine rings is 1. The maximum Gasteiger partial charge on any atom is 0.261 e. The summed E-state index contributed by atoms with van der Waals surface area (Å²) in [5.41, 5.74) is 2.73. The Morgan fingerprint density at radius 3 is 2.45 bits per heavy atom. The van der Waals surface area contributed by atoms with Gasteiger partial charge in [-0.1, -0.05) is 33.8 Å². The largest absolute Gasteiger partial charge is 0.508 e. The van der Waals surface area contributed by atoms with E-state index in [0.29, 0.717) is 42.6 Å². The highest BCUT2D eigenvalue weighted by atomic mass is 32.2. The second-order valence-electron chi connectivity index (χ2n) is 10.2. The smallest absolute Gasteiger partial charge is 0.261 e. The molecule has 6 nitrogen and oxygen atoms in total. The number of nitrogens with zero attached hydrogens (tertiary/aromatic N) is 1. The molecular weight excluding hydrogens is 414 g/mol. The normalized spacial score (nSPS) is 27.9. The molecule has 0 unspecified atom stereocenters. The number of benzene rings is 1. The van der Waals surface area contributed by atoms with Crippen molar-refractivity contribution in [3.63, 3.8) is 0 Å². The minimum atomic E-state index is -3.67. The minimum Gasteiger partial charge on any atom is -0.508 e. The Balaban J connectivity index is 0.000000614. The van der Waals surface area contributed by atoms with Crippen molar-refractivity contribution < 1.29 is 22.9 Å². The number of hydrogen-bond donors (Lipinski definition) is 2. The number of likely N-dealkylation sites (tertiary alicyclic amines) is 1. The van der Waals surface area contributed by atoms with Crippen LogP contribution in [-0.4, -0.2) is 54.7 Å². The molecule has 0 spiro atoms. The lowest BCUT2D eigenvalue weighted by Crippen LogP contribution is -2.64. The molecule has 1 saturated heterocycles. The summed E-state index contributed by atoms with van der Waals surface area (Å²) in [6.07, 6.45) is 6.12. The number of likely N-dealkylation sites (N-methyl/N-ethyl adjacent to an activating group) is 1. The summed E-state index contributed by atoms with van der Waals surface area (Å²) in [6.45, 7) is 10.2. The summed E-state index contributed by atoms with van der Waals surface area (Å²) in [7, 11) is -1.44. The molecule has 3 atom stereocenters. The van der Waals surface area contributed by atoms with E-state index in [1.54, 1.807) is 0 Å². The molecular formula is C24H39NO5S. The van der Waals surface area contributed by atoms with E-state index in [2.05, 4.69) is 45.7 Å². The Hall–Kier alpha value is -1.44. The maximum absolute atomic E-state index is 12.5. The fourth-order valence-electron chi connectivity index (χ4n) is 5.40. The molecule has 3 rings (SSSR count). The van der Waals surface area contributed by atoms with E-state index in [4.69, 9.17) is 4.55 Å². The second kappa shape index (κ2) is 9.59. The number of phenolic OH excluding ortho intramolecular Hbond substituents is 1. The van der Waals surface area contributed by atoms with Crippen molar-refractivity contribution in [2.45, 2.75) is 77.7 Å². The number of hydrogen-bond acceptors (Lipinski definition) is 5. The van der Waals surface area contributed by atoms with Crippen molar-refractivity contribution in [1.29, 1.82) is 0 Å². The van der Waals surface area contributed by atoms with Crippen molar-refractivity contribution in [3.05, 3.63) is 29.3 Å². The molecule has 31 heavy (non-hydrogen) atoms. The molecule has 176 valence electrons. The summed E-state index contributed by atoms with van der Waals surface area (Å²) < 4.78 is 25.9. The first-order valence-electron chi connectivity index (χ1n) is 11.1. The number of rotatable bonds is 6. The fraction of sp³-hybridized carbons (Fsp3) is 0.708. The van der Waals surface area contributed by atoms with Crippen LogP contribution in [0.4, 0.5) is 0 Å². The molecule has 0 amide bonds. The van der Waals surface area contributed by atoms with E-state index in [1.165, 1.54) is 11.1 Å². The van der Waals surface area contributed by atoms with Gasteiger partial charge in [0.25, 0.3) is 10.1 Å². The number of ketones is 1. The molecule has 1 aromatic rings. The first kappa shape index (κ1) is 25.8. The van der Waals surface area contributed by atoms with Crippen LogP contribution in [0.25, 0.3) is 0 Å². The van der Waals surface area contributed by atoms with Crippen LogP contribution >= 0.6 is 0 Å². The Labute approximate surface area is 187 Å². The Morgan fingerprint density at radius 1 is 1.26 bits per heavy atom. The van der Waals surface area contributed by atoms with Gasteiger partial charge in [0, 0.05) is 24.3 Å². The summed E-state index contributed by atoms with van der Waals surface area (Å²) in [6, 6.07) is 6.35. The lowest BCUT2D eigenvalue weighted by atomic mass is 9.49. The van der Waals surface area contributed by atoms with Gasteiger partial charge in [-0.3, -0.25) is 9.35 Å². The highest BCUT2D eigenvalue weighted by Gasteiger charge is 2.57. The molecule has 7 heteroatoms. The number of phenols is 1. The molecule has 1 heterocycles. The van der Waals surface area contributed by atoms with E-state index in [-0.39, 0.29) is 10.8 Å². The van der Waals surface area contributed by atoms with Gasteiger partial charge in [0.15, 0.2) is 0 Å². The van der Waals surface area contributed by atoms with Gasteiger partial charge in [-0.2, -0.15) is 8.42 Å². The lowest BCUT2D eigenvalue weighted by molar-refractivity contribution is -0.121. The molecule has 1 aliphatic carbocycles. The highest BCUT2D eigenvalue weighted by Crippen LogP contribution is 2.58. The fourth-order valence-corrected chi connectivity index (χ4v) is 5.40. The number of fused-ring (bicyclic) bond motifs is 4. The number of carbonyl (C=O) groups excluding carboxylic acids is 1. The predicted octanol–water partition coefficient (Wildman–Crippen LogP) is 4.21. The second-order valence-corrected chi connectivity index (χ2v) is 11.7. The lowest BCUT2D eigenvalue weighted by Gasteiger charge is -2.62. The Kier molecular flexibility index (Phi) is 7.99. The standard InChI is InChI=1S/C23H35NO2.CH4O3S/c1-16(2)6-8-18(25)10-11-23(4)21-14-17-7-9-19(26)15-20(17)22(23,3)12-13-24(21)5;1-5(2,3)4/h7,9,15-16,21,26H,6,8,10-14H2,1-5H3;1H3,(H,2,3,4)/t21-,22+,23-;/m0./s1. The highest BCUT2D eigenvalue weighted by molar-refractivity contribution is 7.85. The molecule has 2 bridgehead atoms. The van der Waals surface area contributed by atoms with Gasteiger partial charge < -0.3 is 10.0 Å². The Bertz CT molecular complexity index is 889. The van der Waals surface area contributed by atoms with Crippen molar-refractivity contribution >= 4 is 15.9 Å². The summed E-state index contributed by atoms with van der Waals surface area (Å²) in [4.78, 5) is 15.0. The average molecular weight is 454 g/mol. The van der Waals surface area contributed by atoms with Crippen LogP contribution in [-0.2, 0) is 26.7 Å². The third-order valence-corrected chi connectivity index (χ3v) is 7.52. The molecule has 0 saturated carbocycles. The van der Waals surface area contributed by atoms with Crippen LogP contribution in [0, 0.1) is 11.3 Å². The van der Waals surface area contributed by atoms with Gasteiger partial charge in [-0.15, -0.1) is 0 Å². The molecule has 0 aromatic heterocycles. The van der Waals surface area contributed by atoms with Crippen LogP contribution in [0.1, 0.15) is 70.9 Å². The summed E-state index contributed by atoms with van der Waals surface area (Å²) >= 11 is 0. The summed E-state index contributed by atoms with van der Waals surface area (Å²) in [5.74, 6) is 1.35. The average Bonchev–Trinajstić information content (AvgIpc) is 2.64. The van der Waals surface area contributed by atoms with Crippen LogP contribution in [0.15, 0.2) is 18.2 Å². The van der Waals surface area contributed by atoms with E-state index in [1.807, 2.05) is 12.1 Å². The van der Waals surface area contributed by atoms with Crippen molar-refractivity contribution in [3.8, 4) is 5.75 Å². The first-order valence-corrected chi connectivity index (χ1v) is 13.0. The van der Waals surface area contributed by atoms with Crippen LogP contribution < -0.4 is 0 Å². The molecule has 0 radical (unpaired) electrons. The SMILES string of the molecule is CC(C)CCC(=O)CC[C@@]1(C)[C@@H]2Cc3ccc(O)cc3[C@@]1(C)CCN2C.CS(=O)(=O)O. The third kappa shape index (κ3) is 6.08. The first-order chi connectivity index (χ1) is 14.2. The van der Waals surface area contributed by atoms with Crippen LogP contribution in [0.2, 0.25) is 0 Å². The summed E-state index contributed by atoms with van der Waals surface area (Å²) in [5, 5.41) is 10.1.